The molecule has 0 aliphatic rings. The summed E-state index contributed by atoms with van der Waals surface area (Å²) in [5.41, 5.74) is 1.98. The summed E-state index contributed by atoms with van der Waals surface area (Å²) >= 11 is 0. The standard InChI is InChI=1S/C35H50O8/c1-5-8-9-10-11-12-13-34(39)43-32(23-36)26-41-31-20-16-28(17-21-31)35(4,22-6-2)27-14-18-30(19-15-27)40-24-29(37)25-42-33(38)7-3/h7,14-21,29,32,36-37H,3,5-6,8-13,22-26H2,1-2,4H3. The molecule has 8 nitrogen and oxygen atoms in total. The fourth-order valence-electron chi connectivity index (χ4n) is 4.88. The van der Waals surface area contributed by atoms with E-state index in [0.717, 1.165) is 49.3 Å². The molecule has 2 aromatic rings. The molecule has 0 amide bonds. The molecule has 0 saturated heterocycles. The minimum absolute atomic E-state index is 0.00702. The van der Waals surface area contributed by atoms with Crippen molar-refractivity contribution >= 4 is 11.9 Å². The third-order valence-electron chi connectivity index (χ3n) is 7.43. The van der Waals surface area contributed by atoms with Gasteiger partial charge in [0.15, 0.2) is 6.10 Å². The van der Waals surface area contributed by atoms with E-state index < -0.39 is 18.2 Å². The first kappa shape index (κ1) is 35.8. The lowest BCUT2D eigenvalue weighted by molar-refractivity contribution is -0.153. The maximum Gasteiger partial charge on any atom is 0.330 e. The maximum absolute atomic E-state index is 12.2. The normalized spacial score (nSPS) is 13.8. The van der Waals surface area contributed by atoms with Crippen molar-refractivity contribution in [2.45, 2.75) is 96.2 Å². The highest BCUT2D eigenvalue weighted by atomic mass is 16.6. The third-order valence-corrected chi connectivity index (χ3v) is 7.43. The second-order valence-corrected chi connectivity index (χ2v) is 11.1. The Kier molecular flexibility index (Phi) is 16.5. The van der Waals surface area contributed by atoms with Crippen LogP contribution in [0.15, 0.2) is 61.2 Å². The SMILES string of the molecule is C=CC(=O)OCC(O)COc1ccc(C(C)(CCC)c2ccc(OCC(CO)OC(=O)CCCCCCCC)cc2)cc1. The minimum Gasteiger partial charge on any atom is -0.491 e. The molecule has 3 unspecified atom stereocenters. The second kappa shape index (κ2) is 19.8. The van der Waals surface area contributed by atoms with Gasteiger partial charge in [-0.1, -0.05) is 90.1 Å². The predicted molar refractivity (Wildman–Crippen MR) is 167 cm³/mol. The van der Waals surface area contributed by atoms with E-state index in [2.05, 4.69) is 27.4 Å². The zero-order chi connectivity index (χ0) is 31.5. The van der Waals surface area contributed by atoms with Gasteiger partial charge < -0.3 is 29.2 Å². The number of carbonyl (C=O) groups excluding carboxylic acids is 2. The second-order valence-electron chi connectivity index (χ2n) is 11.1. The van der Waals surface area contributed by atoms with Gasteiger partial charge in [-0.2, -0.15) is 0 Å². The summed E-state index contributed by atoms with van der Waals surface area (Å²) < 4.78 is 21.8. The van der Waals surface area contributed by atoms with Gasteiger partial charge >= 0.3 is 11.9 Å². The van der Waals surface area contributed by atoms with Crippen LogP contribution < -0.4 is 9.47 Å². The molecule has 0 radical (unpaired) electrons. The molecule has 2 aromatic carbocycles. The van der Waals surface area contributed by atoms with E-state index in [-0.39, 0.29) is 37.8 Å². The first-order valence-electron chi connectivity index (χ1n) is 15.5. The van der Waals surface area contributed by atoms with Crippen molar-refractivity contribution in [1.82, 2.24) is 0 Å². The zero-order valence-electron chi connectivity index (χ0n) is 26.1. The quantitative estimate of drug-likeness (QED) is 0.0924. The largest absolute Gasteiger partial charge is 0.491 e. The van der Waals surface area contributed by atoms with Gasteiger partial charge in [0.05, 0.1) is 6.61 Å². The Morgan fingerprint density at radius 2 is 1.40 bits per heavy atom. The summed E-state index contributed by atoms with van der Waals surface area (Å²) in [5.74, 6) is 0.346. The lowest BCUT2D eigenvalue weighted by Crippen LogP contribution is -2.28. The average Bonchev–Trinajstić information content (AvgIpc) is 3.02. The molecule has 2 rings (SSSR count). The summed E-state index contributed by atoms with van der Waals surface area (Å²) in [6.45, 7) is 9.46. The smallest absolute Gasteiger partial charge is 0.330 e. The molecule has 3 atom stereocenters. The van der Waals surface area contributed by atoms with Gasteiger partial charge in [0.2, 0.25) is 0 Å². The molecule has 0 spiro atoms. The zero-order valence-corrected chi connectivity index (χ0v) is 26.1. The minimum atomic E-state index is -0.945. The van der Waals surface area contributed by atoms with E-state index in [4.69, 9.17) is 18.9 Å². The number of ether oxygens (including phenoxy) is 4. The molecule has 0 bridgehead atoms. The molecule has 0 aliphatic carbocycles. The summed E-state index contributed by atoms with van der Waals surface area (Å²) in [6.07, 6.45) is 8.20. The monoisotopic (exact) mass is 598 g/mol. The van der Waals surface area contributed by atoms with Gasteiger partial charge in [-0.25, -0.2) is 4.79 Å². The Bertz CT molecular complexity index is 1080. The number of esters is 2. The van der Waals surface area contributed by atoms with Crippen LogP contribution in [-0.4, -0.2) is 60.8 Å². The van der Waals surface area contributed by atoms with Crippen LogP contribution in [0, 0.1) is 0 Å². The van der Waals surface area contributed by atoms with Crippen LogP contribution in [0.3, 0.4) is 0 Å². The number of hydrogen-bond acceptors (Lipinski definition) is 8. The van der Waals surface area contributed by atoms with Gasteiger partial charge in [0.1, 0.15) is 37.4 Å². The van der Waals surface area contributed by atoms with Crippen molar-refractivity contribution in [3.63, 3.8) is 0 Å². The lowest BCUT2D eigenvalue weighted by atomic mass is 9.73. The van der Waals surface area contributed by atoms with Crippen LogP contribution in [0.4, 0.5) is 0 Å². The van der Waals surface area contributed by atoms with Crippen molar-refractivity contribution < 1.29 is 38.7 Å². The molecular formula is C35H50O8. The molecule has 0 fully saturated rings. The molecule has 238 valence electrons. The first-order valence-corrected chi connectivity index (χ1v) is 15.5. The van der Waals surface area contributed by atoms with Gasteiger partial charge in [0, 0.05) is 17.9 Å². The van der Waals surface area contributed by atoms with E-state index in [1.54, 1.807) is 0 Å². The first-order chi connectivity index (χ1) is 20.7. The molecule has 2 N–H and O–H groups in total. The number of rotatable bonds is 22. The van der Waals surface area contributed by atoms with E-state index >= 15 is 0 Å². The Labute approximate surface area is 257 Å². The topological polar surface area (TPSA) is 112 Å². The molecule has 0 heterocycles. The molecule has 0 aromatic heterocycles. The maximum atomic E-state index is 12.2. The molecule has 43 heavy (non-hydrogen) atoms. The average molecular weight is 599 g/mol. The van der Waals surface area contributed by atoms with Crippen LogP contribution in [0.1, 0.15) is 89.7 Å². The number of aliphatic hydroxyl groups is 2. The van der Waals surface area contributed by atoms with Gasteiger partial charge in [-0.05, 0) is 48.2 Å². The molecule has 0 saturated carbocycles. The Hall–Kier alpha value is -3.36. The van der Waals surface area contributed by atoms with Crippen LogP contribution in [0.25, 0.3) is 0 Å². The van der Waals surface area contributed by atoms with Crippen molar-refractivity contribution in [2.24, 2.45) is 0 Å². The van der Waals surface area contributed by atoms with E-state index in [1.807, 2.05) is 48.5 Å². The molecule has 0 aliphatic heterocycles. The van der Waals surface area contributed by atoms with E-state index in [9.17, 15) is 19.8 Å². The fraction of sp³-hybridized carbons (Fsp3) is 0.543. The summed E-state index contributed by atoms with van der Waals surface area (Å²) in [4.78, 5) is 23.3. The van der Waals surface area contributed by atoms with Gasteiger partial charge in [0.25, 0.3) is 0 Å². The summed E-state index contributed by atoms with van der Waals surface area (Å²) in [5, 5.41) is 19.7. The highest BCUT2D eigenvalue weighted by Crippen LogP contribution is 2.38. The van der Waals surface area contributed by atoms with E-state index in [1.165, 1.54) is 19.3 Å². The molecular weight excluding hydrogens is 548 g/mol. The van der Waals surface area contributed by atoms with Crippen LogP contribution in [0.5, 0.6) is 11.5 Å². The van der Waals surface area contributed by atoms with Crippen LogP contribution >= 0.6 is 0 Å². The Morgan fingerprint density at radius 1 is 0.837 bits per heavy atom. The number of hydrogen-bond donors (Lipinski definition) is 2. The van der Waals surface area contributed by atoms with Crippen LogP contribution in [-0.2, 0) is 24.5 Å². The summed E-state index contributed by atoms with van der Waals surface area (Å²) in [7, 11) is 0. The third kappa shape index (κ3) is 12.8. The Morgan fingerprint density at radius 3 is 1.93 bits per heavy atom. The number of benzene rings is 2. The van der Waals surface area contributed by atoms with Crippen molar-refractivity contribution in [3.8, 4) is 11.5 Å². The van der Waals surface area contributed by atoms with Crippen LogP contribution in [0.2, 0.25) is 0 Å². The lowest BCUT2D eigenvalue weighted by Gasteiger charge is -2.31. The van der Waals surface area contributed by atoms with Crippen molar-refractivity contribution in [2.75, 3.05) is 26.4 Å². The summed E-state index contributed by atoms with van der Waals surface area (Å²) in [6, 6.07) is 15.6. The van der Waals surface area contributed by atoms with E-state index in [0.29, 0.717) is 17.9 Å². The number of carbonyl (C=O) groups is 2. The fourth-order valence-corrected chi connectivity index (χ4v) is 4.88. The van der Waals surface area contributed by atoms with Crippen molar-refractivity contribution in [1.29, 1.82) is 0 Å². The Balaban J connectivity index is 1.92. The van der Waals surface area contributed by atoms with Gasteiger partial charge in [-0.3, -0.25) is 4.79 Å². The number of unbranched alkanes of at least 4 members (excludes halogenated alkanes) is 5. The van der Waals surface area contributed by atoms with Crippen molar-refractivity contribution in [3.05, 3.63) is 72.3 Å². The van der Waals surface area contributed by atoms with Gasteiger partial charge in [-0.15, -0.1) is 0 Å². The highest BCUT2D eigenvalue weighted by Gasteiger charge is 2.28. The predicted octanol–water partition coefficient (Wildman–Crippen LogP) is 6.30. The molecule has 8 heteroatoms. The highest BCUT2D eigenvalue weighted by molar-refractivity contribution is 5.81. The number of aliphatic hydroxyl groups excluding tert-OH is 2.